The Morgan fingerprint density at radius 1 is 1.50 bits per heavy atom. The molecule has 0 saturated heterocycles. The van der Waals surface area contributed by atoms with Crippen LogP contribution in [0.2, 0.25) is 0 Å². The van der Waals surface area contributed by atoms with Gasteiger partial charge in [0, 0.05) is 7.11 Å². The van der Waals surface area contributed by atoms with Gasteiger partial charge >= 0.3 is 5.97 Å². The summed E-state index contributed by atoms with van der Waals surface area (Å²) < 4.78 is 30.8. The minimum atomic E-state index is -3.83. The molecule has 1 rings (SSSR count). The first-order valence-corrected chi connectivity index (χ1v) is 6.68. The van der Waals surface area contributed by atoms with Gasteiger partial charge in [0.25, 0.3) is 0 Å². The van der Waals surface area contributed by atoms with Crippen molar-refractivity contribution >= 4 is 16.0 Å². The summed E-state index contributed by atoms with van der Waals surface area (Å²) in [6.45, 7) is 1.55. The van der Waals surface area contributed by atoms with Gasteiger partial charge < -0.3 is 9.84 Å². The van der Waals surface area contributed by atoms with Gasteiger partial charge in [0.15, 0.2) is 0 Å². The van der Waals surface area contributed by atoms with Crippen LogP contribution in [-0.4, -0.2) is 32.6 Å². The molecule has 0 spiro atoms. The maximum Gasteiger partial charge on any atom is 0.321 e. The fourth-order valence-corrected chi connectivity index (χ4v) is 2.59. The van der Waals surface area contributed by atoms with Gasteiger partial charge in [-0.15, -0.1) is 0 Å². The predicted octanol–water partition coefficient (Wildman–Crippen LogP) is 0.584. The molecular weight excluding hydrogens is 258 g/mol. The lowest BCUT2D eigenvalue weighted by Gasteiger charge is -2.11. The zero-order valence-electron chi connectivity index (χ0n) is 10.1. The third kappa shape index (κ3) is 3.80. The van der Waals surface area contributed by atoms with Crippen LogP contribution >= 0.6 is 0 Å². The Hall–Kier alpha value is -1.44. The highest BCUT2D eigenvalue weighted by Gasteiger charge is 2.21. The van der Waals surface area contributed by atoms with E-state index in [-0.39, 0.29) is 11.5 Å². The summed E-state index contributed by atoms with van der Waals surface area (Å²) >= 11 is 0. The van der Waals surface area contributed by atoms with E-state index in [1.807, 2.05) is 0 Å². The molecule has 1 aromatic rings. The fourth-order valence-electron chi connectivity index (χ4n) is 1.32. The molecule has 0 bridgehead atoms. The minimum absolute atomic E-state index is 0.0187. The highest BCUT2D eigenvalue weighted by atomic mass is 32.2. The molecule has 2 N–H and O–H groups in total. The number of rotatable bonds is 6. The fraction of sp³-hybridized carbons (Fsp3) is 0.364. The van der Waals surface area contributed by atoms with Crippen LogP contribution in [0.25, 0.3) is 0 Å². The van der Waals surface area contributed by atoms with Crippen molar-refractivity contribution in [2.75, 3.05) is 7.11 Å². The number of nitrogens with one attached hydrogen (secondary N) is 1. The first kappa shape index (κ1) is 14.6. The summed E-state index contributed by atoms with van der Waals surface area (Å²) in [5.74, 6) is -1.23. The number of hydrogen-bond acceptors (Lipinski definition) is 4. The molecule has 6 nitrogen and oxygen atoms in total. The smallest absolute Gasteiger partial charge is 0.321 e. The normalized spacial score (nSPS) is 13.2. The molecule has 18 heavy (non-hydrogen) atoms. The van der Waals surface area contributed by atoms with Crippen molar-refractivity contribution in [1.29, 1.82) is 0 Å². The Kier molecular flexibility index (Phi) is 4.83. The zero-order chi connectivity index (χ0) is 13.8. The van der Waals surface area contributed by atoms with Crippen LogP contribution < -0.4 is 4.72 Å². The summed E-state index contributed by atoms with van der Waals surface area (Å²) in [6.07, 6.45) is 0. The molecule has 0 aliphatic rings. The van der Waals surface area contributed by atoms with Crippen molar-refractivity contribution in [3.05, 3.63) is 29.8 Å². The van der Waals surface area contributed by atoms with E-state index in [2.05, 4.69) is 4.72 Å². The monoisotopic (exact) mass is 273 g/mol. The Labute approximate surface area is 106 Å². The predicted molar refractivity (Wildman–Crippen MR) is 64.6 cm³/mol. The van der Waals surface area contributed by atoms with Crippen molar-refractivity contribution in [1.82, 2.24) is 4.72 Å². The van der Waals surface area contributed by atoms with Gasteiger partial charge in [0.05, 0.1) is 11.5 Å². The lowest BCUT2D eigenvalue weighted by molar-refractivity contribution is -0.138. The van der Waals surface area contributed by atoms with Gasteiger partial charge in [-0.2, -0.15) is 4.72 Å². The van der Waals surface area contributed by atoms with Crippen molar-refractivity contribution in [2.45, 2.75) is 24.5 Å². The second-order valence-corrected chi connectivity index (χ2v) is 5.48. The SMILES string of the molecule is COCc1cccc(S(=O)(=O)N[C@H](C)C(=O)O)c1. The summed E-state index contributed by atoms with van der Waals surface area (Å²) in [5.41, 5.74) is 0.698. The van der Waals surface area contributed by atoms with Gasteiger partial charge in [-0.05, 0) is 24.6 Å². The van der Waals surface area contributed by atoms with Crippen molar-refractivity contribution in [3.63, 3.8) is 0 Å². The number of carboxylic acid groups (broad SMARTS) is 1. The van der Waals surface area contributed by atoms with E-state index >= 15 is 0 Å². The van der Waals surface area contributed by atoms with Gasteiger partial charge in [0.2, 0.25) is 10.0 Å². The first-order chi connectivity index (χ1) is 8.36. The van der Waals surface area contributed by atoms with Crippen molar-refractivity contribution < 1.29 is 23.1 Å². The Morgan fingerprint density at radius 2 is 2.17 bits per heavy atom. The van der Waals surface area contributed by atoms with Crippen molar-refractivity contribution in [3.8, 4) is 0 Å². The summed E-state index contributed by atoms with van der Waals surface area (Å²) in [7, 11) is -2.33. The molecule has 0 aromatic heterocycles. The largest absolute Gasteiger partial charge is 0.480 e. The summed E-state index contributed by atoms with van der Waals surface area (Å²) in [4.78, 5) is 10.6. The lowest BCUT2D eigenvalue weighted by atomic mass is 10.2. The average molecular weight is 273 g/mol. The molecule has 0 amide bonds. The summed E-state index contributed by atoms with van der Waals surface area (Å²) in [6, 6.07) is 4.97. The molecule has 1 aromatic carbocycles. The maximum atomic E-state index is 11.9. The molecule has 0 heterocycles. The van der Waals surface area contributed by atoms with E-state index in [9.17, 15) is 13.2 Å². The van der Waals surface area contributed by atoms with E-state index in [4.69, 9.17) is 9.84 Å². The number of sulfonamides is 1. The molecule has 7 heteroatoms. The van der Waals surface area contributed by atoms with Crippen LogP contribution in [0.4, 0.5) is 0 Å². The third-order valence-electron chi connectivity index (χ3n) is 2.22. The average Bonchev–Trinajstić information content (AvgIpc) is 2.29. The number of benzene rings is 1. The van der Waals surface area contributed by atoms with Crippen LogP contribution in [0.5, 0.6) is 0 Å². The molecule has 100 valence electrons. The topological polar surface area (TPSA) is 92.7 Å². The molecule has 0 unspecified atom stereocenters. The van der Waals surface area contributed by atoms with Gasteiger partial charge in [-0.25, -0.2) is 8.42 Å². The van der Waals surface area contributed by atoms with E-state index in [1.165, 1.54) is 26.2 Å². The second kappa shape index (κ2) is 5.94. The number of aliphatic carboxylic acids is 1. The number of methoxy groups -OCH3 is 1. The Morgan fingerprint density at radius 3 is 2.72 bits per heavy atom. The molecule has 0 aliphatic carbocycles. The number of hydrogen-bond donors (Lipinski definition) is 2. The Balaban J connectivity index is 2.97. The maximum absolute atomic E-state index is 11.9. The highest BCUT2D eigenvalue weighted by Crippen LogP contribution is 2.12. The van der Waals surface area contributed by atoms with E-state index in [1.54, 1.807) is 12.1 Å². The highest BCUT2D eigenvalue weighted by molar-refractivity contribution is 7.89. The lowest BCUT2D eigenvalue weighted by Crippen LogP contribution is -2.38. The van der Waals surface area contributed by atoms with Crippen LogP contribution in [0.3, 0.4) is 0 Å². The molecule has 1 atom stereocenters. The van der Waals surface area contributed by atoms with Crippen LogP contribution in [-0.2, 0) is 26.2 Å². The van der Waals surface area contributed by atoms with Gasteiger partial charge in [-0.1, -0.05) is 12.1 Å². The van der Waals surface area contributed by atoms with E-state index < -0.39 is 22.0 Å². The van der Waals surface area contributed by atoms with Crippen LogP contribution in [0.15, 0.2) is 29.2 Å². The number of carboxylic acids is 1. The molecule has 0 saturated carbocycles. The first-order valence-electron chi connectivity index (χ1n) is 5.20. The molecule has 0 aliphatic heterocycles. The van der Waals surface area contributed by atoms with Gasteiger partial charge in [0.1, 0.15) is 6.04 Å². The number of ether oxygens (including phenoxy) is 1. The van der Waals surface area contributed by atoms with Crippen molar-refractivity contribution in [2.24, 2.45) is 0 Å². The quantitative estimate of drug-likeness (QED) is 0.791. The summed E-state index contributed by atoms with van der Waals surface area (Å²) in [5, 5.41) is 8.68. The van der Waals surface area contributed by atoms with Crippen LogP contribution in [0.1, 0.15) is 12.5 Å². The number of carbonyl (C=O) groups is 1. The standard InChI is InChI=1S/C11H15NO5S/c1-8(11(13)14)12-18(15,16)10-5-3-4-9(6-10)7-17-2/h3-6,8,12H,7H2,1-2H3,(H,13,14)/t8-/m1/s1. The molecular formula is C11H15NO5S. The van der Waals surface area contributed by atoms with E-state index in [0.717, 1.165) is 0 Å². The zero-order valence-corrected chi connectivity index (χ0v) is 10.9. The Bertz CT molecular complexity index is 526. The van der Waals surface area contributed by atoms with Gasteiger partial charge in [-0.3, -0.25) is 4.79 Å². The third-order valence-corrected chi connectivity index (χ3v) is 3.76. The molecule has 0 fully saturated rings. The minimum Gasteiger partial charge on any atom is -0.480 e. The van der Waals surface area contributed by atoms with Crippen LogP contribution in [0, 0.1) is 0 Å². The van der Waals surface area contributed by atoms with E-state index in [0.29, 0.717) is 5.56 Å². The second-order valence-electron chi connectivity index (χ2n) is 3.76. The molecule has 0 radical (unpaired) electrons.